The second-order valence-electron chi connectivity index (χ2n) is 5.00. The molecule has 0 bridgehead atoms. The number of likely N-dealkylation sites (tertiary alicyclic amines) is 1. The number of nitrogens with one attached hydrogen (secondary N) is 1. The van der Waals surface area contributed by atoms with Crippen molar-refractivity contribution in [1.82, 2.24) is 10.2 Å². The molecule has 1 aliphatic heterocycles. The third-order valence-corrected chi connectivity index (χ3v) is 4.02. The van der Waals surface area contributed by atoms with Crippen molar-refractivity contribution in [3.63, 3.8) is 0 Å². The summed E-state index contributed by atoms with van der Waals surface area (Å²) in [5.74, 6) is 0.849. The number of ether oxygens (including phenoxy) is 1. The van der Waals surface area contributed by atoms with Crippen molar-refractivity contribution < 1.29 is 4.74 Å². The highest BCUT2D eigenvalue weighted by atomic mass is 35.5. The smallest absolute Gasteiger partial charge is 0.142 e. The minimum Gasteiger partial charge on any atom is -0.492 e. The summed E-state index contributed by atoms with van der Waals surface area (Å²) in [6.45, 7) is 5.82. The average molecular weight is 283 g/mol. The predicted molar refractivity (Wildman–Crippen MR) is 80.0 cm³/mol. The maximum absolute atomic E-state index is 6.22. The van der Waals surface area contributed by atoms with E-state index in [4.69, 9.17) is 16.3 Å². The topological polar surface area (TPSA) is 24.5 Å². The van der Waals surface area contributed by atoms with Crippen LogP contribution in [-0.4, -0.2) is 37.7 Å². The van der Waals surface area contributed by atoms with E-state index in [-0.39, 0.29) is 0 Å². The molecule has 0 saturated carbocycles. The summed E-state index contributed by atoms with van der Waals surface area (Å²) in [6, 6.07) is 6.67. The molecule has 0 unspecified atom stereocenters. The van der Waals surface area contributed by atoms with Crippen molar-refractivity contribution >= 4 is 11.6 Å². The SMILES string of the molecule is CCOc1c(Cl)cccc1CN1CCC(NC)CC1. The molecule has 106 valence electrons. The lowest BCUT2D eigenvalue weighted by atomic mass is 10.0. The molecular formula is C15H23ClN2O. The molecule has 1 N–H and O–H groups in total. The molecule has 4 heteroatoms. The normalized spacial score (nSPS) is 17.6. The molecule has 1 fully saturated rings. The molecule has 0 aromatic heterocycles. The van der Waals surface area contributed by atoms with Crippen molar-refractivity contribution in [1.29, 1.82) is 0 Å². The summed E-state index contributed by atoms with van der Waals surface area (Å²) in [4.78, 5) is 2.47. The van der Waals surface area contributed by atoms with Gasteiger partial charge in [-0.05, 0) is 46.0 Å². The third-order valence-electron chi connectivity index (χ3n) is 3.73. The number of nitrogens with zero attached hydrogens (tertiary/aromatic N) is 1. The summed E-state index contributed by atoms with van der Waals surface area (Å²) in [7, 11) is 2.05. The van der Waals surface area contributed by atoms with E-state index in [1.165, 1.54) is 18.4 Å². The van der Waals surface area contributed by atoms with E-state index in [1.807, 2.05) is 26.1 Å². The molecule has 1 heterocycles. The first-order chi connectivity index (χ1) is 9.24. The Morgan fingerprint density at radius 2 is 2.11 bits per heavy atom. The van der Waals surface area contributed by atoms with E-state index in [2.05, 4.69) is 16.3 Å². The van der Waals surface area contributed by atoms with E-state index >= 15 is 0 Å². The van der Waals surface area contributed by atoms with Gasteiger partial charge >= 0.3 is 0 Å². The summed E-state index contributed by atoms with van der Waals surface area (Å²) in [5.41, 5.74) is 1.19. The van der Waals surface area contributed by atoms with Gasteiger partial charge in [0.25, 0.3) is 0 Å². The molecule has 0 radical (unpaired) electrons. The molecule has 19 heavy (non-hydrogen) atoms. The van der Waals surface area contributed by atoms with Crippen molar-refractivity contribution in [2.24, 2.45) is 0 Å². The van der Waals surface area contributed by atoms with Crippen molar-refractivity contribution in [3.05, 3.63) is 28.8 Å². The maximum atomic E-state index is 6.22. The lowest BCUT2D eigenvalue weighted by molar-refractivity contribution is 0.192. The van der Waals surface area contributed by atoms with Gasteiger partial charge < -0.3 is 10.1 Å². The van der Waals surface area contributed by atoms with E-state index in [0.29, 0.717) is 17.7 Å². The zero-order valence-electron chi connectivity index (χ0n) is 11.8. The monoisotopic (exact) mass is 282 g/mol. The predicted octanol–water partition coefficient (Wildman–Crippen LogP) is 2.92. The summed E-state index contributed by atoms with van der Waals surface area (Å²) >= 11 is 6.22. The van der Waals surface area contributed by atoms with Crippen LogP contribution < -0.4 is 10.1 Å². The molecule has 0 atom stereocenters. The van der Waals surface area contributed by atoms with Crippen LogP contribution in [0.25, 0.3) is 0 Å². The number of benzene rings is 1. The molecule has 0 aliphatic carbocycles. The number of rotatable bonds is 5. The van der Waals surface area contributed by atoms with Crippen LogP contribution in [-0.2, 0) is 6.54 Å². The average Bonchev–Trinajstić information content (AvgIpc) is 2.43. The molecule has 1 aliphatic rings. The first-order valence-corrected chi connectivity index (χ1v) is 7.42. The van der Waals surface area contributed by atoms with E-state index in [9.17, 15) is 0 Å². The van der Waals surface area contributed by atoms with Crippen LogP contribution in [0.4, 0.5) is 0 Å². The molecule has 1 aromatic rings. The van der Waals surface area contributed by atoms with Crippen molar-refractivity contribution in [3.8, 4) is 5.75 Å². The largest absolute Gasteiger partial charge is 0.492 e. The number of hydrogen-bond donors (Lipinski definition) is 1. The molecule has 0 spiro atoms. The third kappa shape index (κ3) is 3.85. The van der Waals surface area contributed by atoms with Crippen LogP contribution in [0.1, 0.15) is 25.3 Å². The van der Waals surface area contributed by atoms with Crippen LogP contribution >= 0.6 is 11.6 Å². The number of piperidine rings is 1. The Hall–Kier alpha value is -0.770. The van der Waals surface area contributed by atoms with Gasteiger partial charge in [0, 0.05) is 18.2 Å². The van der Waals surface area contributed by atoms with Gasteiger partial charge in [-0.2, -0.15) is 0 Å². The second kappa shape index (κ2) is 7.13. The van der Waals surface area contributed by atoms with Crippen LogP contribution in [0.2, 0.25) is 5.02 Å². The quantitative estimate of drug-likeness (QED) is 0.899. The summed E-state index contributed by atoms with van der Waals surface area (Å²) < 4.78 is 5.68. The molecular weight excluding hydrogens is 260 g/mol. The first-order valence-electron chi connectivity index (χ1n) is 7.04. The standard InChI is InChI=1S/C15H23ClN2O/c1-3-19-15-12(5-4-6-14(15)16)11-18-9-7-13(17-2)8-10-18/h4-6,13,17H,3,7-11H2,1-2H3. The van der Waals surface area contributed by atoms with Gasteiger partial charge in [-0.1, -0.05) is 23.7 Å². The van der Waals surface area contributed by atoms with Crippen LogP contribution in [0.3, 0.4) is 0 Å². The Kier molecular flexibility index (Phi) is 5.49. The maximum Gasteiger partial charge on any atom is 0.142 e. The highest BCUT2D eigenvalue weighted by Gasteiger charge is 2.19. The Morgan fingerprint density at radius 3 is 2.74 bits per heavy atom. The van der Waals surface area contributed by atoms with Crippen molar-refractivity contribution in [2.75, 3.05) is 26.7 Å². The van der Waals surface area contributed by atoms with Gasteiger partial charge in [-0.25, -0.2) is 0 Å². The van der Waals surface area contributed by atoms with Gasteiger partial charge in [-0.15, -0.1) is 0 Å². The highest BCUT2D eigenvalue weighted by Crippen LogP contribution is 2.30. The summed E-state index contributed by atoms with van der Waals surface area (Å²) in [5, 5.41) is 4.07. The molecule has 3 nitrogen and oxygen atoms in total. The minimum absolute atomic E-state index is 0.651. The Labute approximate surface area is 120 Å². The minimum atomic E-state index is 0.651. The highest BCUT2D eigenvalue weighted by molar-refractivity contribution is 6.32. The fourth-order valence-corrected chi connectivity index (χ4v) is 2.85. The molecule has 2 rings (SSSR count). The van der Waals surface area contributed by atoms with Gasteiger partial charge in [-0.3, -0.25) is 4.90 Å². The zero-order valence-corrected chi connectivity index (χ0v) is 12.5. The van der Waals surface area contributed by atoms with Crippen LogP contribution in [0.15, 0.2) is 18.2 Å². The van der Waals surface area contributed by atoms with Crippen LogP contribution in [0, 0.1) is 0 Å². The first kappa shape index (κ1) is 14.6. The zero-order chi connectivity index (χ0) is 13.7. The lowest BCUT2D eigenvalue weighted by Crippen LogP contribution is -2.40. The fourth-order valence-electron chi connectivity index (χ4n) is 2.60. The number of hydrogen-bond acceptors (Lipinski definition) is 3. The second-order valence-corrected chi connectivity index (χ2v) is 5.41. The van der Waals surface area contributed by atoms with E-state index in [1.54, 1.807) is 0 Å². The van der Waals surface area contributed by atoms with Gasteiger partial charge in [0.2, 0.25) is 0 Å². The van der Waals surface area contributed by atoms with Gasteiger partial charge in [0.05, 0.1) is 11.6 Å². The van der Waals surface area contributed by atoms with Crippen molar-refractivity contribution in [2.45, 2.75) is 32.4 Å². The molecule has 1 aromatic carbocycles. The van der Waals surface area contributed by atoms with E-state index < -0.39 is 0 Å². The van der Waals surface area contributed by atoms with E-state index in [0.717, 1.165) is 25.4 Å². The fraction of sp³-hybridized carbons (Fsp3) is 0.600. The number of halogens is 1. The Bertz CT molecular complexity index is 403. The lowest BCUT2D eigenvalue weighted by Gasteiger charge is -2.32. The summed E-state index contributed by atoms with van der Waals surface area (Å²) in [6.07, 6.45) is 2.42. The number of para-hydroxylation sites is 1. The van der Waals surface area contributed by atoms with Gasteiger partial charge in [0.15, 0.2) is 0 Å². The Morgan fingerprint density at radius 1 is 1.37 bits per heavy atom. The molecule has 0 amide bonds. The molecule has 1 saturated heterocycles. The Balaban J connectivity index is 2.01. The van der Waals surface area contributed by atoms with Gasteiger partial charge in [0.1, 0.15) is 5.75 Å². The van der Waals surface area contributed by atoms with Crippen LogP contribution in [0.5, 0.6) is 5.75 Å².